The zero-order chi connectivity index (χ0) is 25.1. The van der Waals surface area contributed by atoms with Gasteiger partial charge in [-0.3, -0.25) is 9.29 Å². The van der Waals surface area contributed by atoms with Gasteiger partial charge in [-0.15, -0.1) is 0 Å². The number of hydrogen-bond donors (Lipinski definition) is 1. The van der Waals surface area contributed by atoms with E-state index in [0.29, 0.717) is 6.42 Å². The van der Waals surface area contributed by atoms with Gasteiger partial charge in [-0.05, 0) is 102 Å². The molecular formula is C30H30ClF2NO2. The highest BCUT2D eigenvalue weighted by Gasteiger charge is 2.24. The van der Waals surface area contributed by atoms with Crippen molar-refractivity contribution in [1.82, 2.24) is 4.90 Å². The molecule has 3 aromatic rings. The number of alkyl halides is 1. The average Bonchev–Trinajstić information content (AvgIpc) is 3.23. The number of phenolic OH excluding ortho intramolecular Hbond substituents is 1. The zero-order valence-corrected chi connectivity index (χ0v) is 20.9. The second-order valence-electron chi connectivity index (χ2n) is 9.57. The van der Waals surface area contributed by atoms with Crippen molar-refractivity contribution in [2.75, 3.05) is 26.3 Å². The summed E-state index contributed by atoms with van der Waals surface area (Å²) in [7, 11) is 0. The third kappa shape index (κ3) is 5.42. The molecule has 6 heteroatoms. The first-order chi connectivity index (χ1) is 17.5. The van der Waals surface area contributed by atoms with Crippen LogP contribution in [0.1, 0.15) is 47.9 Å². The van der Waals surface area contributed by atoms with Crippen molar-refractivity contribution in [3.8, 4) is 11.5 Å². The number of aryl methyl sites for hydroxylation is 1. The first kappa shape index (κ1) is 24.8. The van der Waals surface area contributed by atoms with Crippen LogP contribution in [0, 0.1) is 5.82 Å². The number of hydrogen-bond acceptors (Lipinski definition) is 3. The summed E-state index contributed by atoms with van der Waals surface area (Å²) in [5, 5.41) is 10.2. The molecule has 0 saturated carbocycles. The number of ether oxygens (including phenoxy) is 1. The van der Waals surface area contributed by atoms with Gasteiger partial charge in [-0.2, -0.15) is 0 Å². The summed E-state index contributed by atoms with van der Waals surface area (Å²) in [6.07, 6.45) is 4.10. The number of fused-ring (bicyclic) bond motifs is 1. The smallest absolute Gasteiger partial charge is 0.142 e. The van der Waals surface area contributed by atoms with E-state index in [1.807, 2.05) is 30.3 Å². The van der Waals surface area contributed by atoms with Crippen molar-refractivity contribution >= 4 is 22.7 Å². The van der Waals surface area contributed by atoms with Crippen molar-refractivity contribution in [1.29, 1.82) is 0 Å². The van der Waals surface area contributed by atoms with Crippen molar-refractivity contribution in [3.05, 3.63) is 93.8 Å². The minimum Gasteiger partial charge on any atom is -0.508 e. The summed E-state index contributed by atoms with van der Waals surface area (Å²) in [5.41, 5.74) is 6.04. The molecular weight excluding hydrogens is 480 g/mol. The fraction of sp³-hybridized carbons (Fsp3) is 0.333. The SMILES string of the molecule is Oc1ccc2c(c1)CCCC(c1ccc(Cl)c(F)c1)=C2c1ccc(O[C@H]2CCN(CCCF)C2)cc1. The molecule has 1 aliphatic carbocycles. The summed E-state index contributed by atoms with van der Waals surface area (Å²) in [6.45, 7) is 2.23. The predicted octanol–water partition coefficient (Wildman–Crippen LogP) is 7.29. The van der Waals surface area contributed by atoms with Gasteiger partial charge < -0.3 is 9.84 Å². The molecule has 3 nitrogen and oxygen atoms in total. The highest BCUT2D eigenvalue weighted by Crippen LogP contribution is 2.41. The Bertz CT molecular complexity index is 1260. The van der Waals surface area contributed by atoms with Gasteiger partial charge in [0.05, 0.1) is 11.7 Å². The number of aromatic hydroxyl groups is 1. The normalized spacial score (nSPS) is 18.2. The third-order valence-corrected chi connectivity index (χ3v) is 7.39. The monoisotopic (exact) mass is 509 g/mol. The molecule has 1 saturated heterocycles. The second-order valence-corrected chi connectivity index (χ2v) is 9.98. The number of likely N-dealkylation sites (tertiary alicyclic amines) is 1. The molecule has 5 rings (SSSR count). The Morgan fingerprint density at radius 1 is 1.00 bits per heavy atom. The minimum atomic E-state index is -0.433. The Kier molecular flexibility index (Phi) is 7.59. The summed E-state index contributed by atoms with van der Waals surface area (Å²) in [4.78, 5) is 2.25. The fourth-order valence-corrected chi connectivity index (χ4v) is 5.47. The molecule has 1 atom stereocenters. The van der Waals surface area contributed by atoms with Crippen LogP contribution in [0.2, 0.25) is 5.02 Å². The lowest BCUT2D eigenvalue weighted by Gasteiger charge is -2.19. The Morgan fingerprint density at radius 2 is 1.81 bits per heavy atom. The van der Waals surface area contributed by atoms with Gasteiger partial charge in [0, 0.05) is 19.6 Å². The number of rotatable bonds is 7. The third-order valence-electron chi connectivity index (χ3n) is 7.08. The van der Waals surface area contributed by atoms with Gasteiger partial charge in [0.25, 0.3) is 0 Å². The van der Waals surface area contributed by atoms with Gasteiger partial charge in [-0.25, -0.2) is 4.39 Å². The molecule has 1 fully saturated rings. The van der Waals surface area contributed by atoms with Crippen molar-refractivity contribution in [2.24, 2.45) is 0 Å². The Labute approximate surface area is 216 Å². The molecule has 0 amide bonds. The van der Waals surface area contributed by atoms with E-state index >= 15 is 0 Å². The van der Waals surface area contributed by atoms with E-state index in [9.17, 15) is 13.9 Å². The lowest BCUT2D eigenvalue weighted by molar-refractivity contribution is 0.198. The van der Waals surface area contributed by atoms with E-state index in [2.05, 4.69) is 17.0 Å². The van der Waals surface area contributed by atoms with Crippen LogP contribution in [0.3, 0.4) is 0 Å². The molecule has 1 N–H and O–H groups in total. The summed E-state index contributed by atoms with van der Waals surface area (Å²) in [6, 6.07) is 18.5. The summed E-state index contributed by atoms with van der Waals surface area (Å²) < 4.78 is 33.2. The lowest BCUT2D eigenvalue weighted by atomic mass is 9.88. The van der Waals surface area contributed by atoms with Crippen LogP contribution in [0.15, 0.2) is 60.7 Å². The number of phenols is 1. The maximum Gasteiger partial charge on any atom is 0.142 e. The molecule has 0 aromatic heterocycles. The Morgan fingerprint density at radius 3 is 2.58 bits per heavy atom. The molecule has 1 heterocycles. The van der Waals surface area contributed by atoms with E-state index < -0.39 is 5.82 Å². The maximum atomic E-state index is 14.4. The predicted molar refractivity (Wildman–Crippen MR) is 141 cm³/mol. The molecule has 0 radical (unpaired) electrons. The number of benzene rings is 3. The van der Waals surface area contributed by atoms with Crippen molar-refractivity contribution in [2.45, 2.75) is 38.2 Å². The fourth-order valence-electron chi connectivity index (χ4n) is 5.35. The van der Waals surface area contributed by atoms with Crippen LogP contribution in [0.25, 0.3) is 11.1 Å². The lowest BCUT2D eigenvalue weighted by Crippen LogP contribution is -2.26. The van der Waals surface area contributed by atoms with Gasteiger partial charge >= 0.3 is 0 Å². The molecule has 0 spiro atoms. The molecule has 0 bridgehead atoms. The van der Waals surface area contributed by atoms with Gasteiger partial charge in [-0.1, -0.05) is 35.9 Å². The molecule has 0 unspecified atom stereocenters. The molecule has 188 valence electrons. The number of halogens is 3. The Hall–Kier alpha value is -2.89. The molecule has 36 heavy (non-hydrogen) atoms. The van der Waals surface area contributed by atoms with Crippen LogP contribution in [-0.4, -0.2) is 42.4 Å². The van der Waals surface area contributed by atoms with Crippen LogP contribution < -0.4 is 4.74 Å². The quantitative estimate of drug-likeness (QED) is 0.363. The minimum absolute atomic E-state index is 0.101. The summed E-state index contributed by atoms with van der Waals surface area (Å²) in [5.74, 6) is 0.613. The summed E-state index contributed by atoms with van der Waals surface area (Å²) >= 11 is 5.97. The molecule has 2 aliphatic rings. The van der Waals surface area contributed by atoms with Crippen LogP contribution in [-0.2, 0) is 6.42 Å². The maximum absolute atomic E-state index is 14.4. The van der Waals surface area contributed by atoms with Crippen LogP contribution in [0.5, 0.6) is 11.5 Å². The van der Waals surface area contributed by atoms with E-state index in [1.165, 1.54) is 6.07 Å². The van der Waals surface area contributed by atoms with Crippen molar-refractivity contribution in [3.63, 3.8) is 0 Å². The first-order valence-corrected chi connectivity index (χ1v) is 13.0. The standard InChI is InChI=1S/C30H30ClF2NO2/c31-28-12-7-22(18-29(28)33)26-4-1-3-21-17-23(35)8-11-27(21)30(26)20-5-9-24(10-6-20)36-25-13-16-34(19-25)15-2-14-32/h5-12,17-18,25,35H,1-4,13-16,19H2/t25-/m0/s1. The number of nitrogens with zero attached hydrogens (tertiary/aromatic N) is 1. The molecule has 1 aliphatic heterocycles. The van der Waals surface area contributed by atoms with Crippen LogP contribution >= 0.6 is 11.6 Å². The average molecular weight is 510 g/mol. The highest BCUT2D eigenvalue weighted by atomic mass is 35.5. The first-order valence-electron chi connectivity index (χ1n) is 12.6. The topological polar surface area (TPSA) is 32.7 Å². The largest absolute Gasteiger partial charge is 0.508 e. The second kappa shape index (κ2) is 11.0. The molecule has 3 aromatic carbocycles. The number of allylic oxidation sites excluding steroid dienone is 1. The van der Waals surface area contributed by atoms with Gasteiger partial charge in [0.1, 0.15) is 23.4 Å². The van der Waals surface area contributed by atoms with Crippen molar-refractivity contribution < 1.29 is 18.6 Å². The van der Waals surface area contributed by atoms with E-state index in [4.69, 9.17) is 16.3 Å². The van der Waals surface area contributed by atoms with Gasteiger partial charge in [0.15, 0.2) is 0 Å². The van der Waals surface area contributed by atoms with E-state index in [1.54, 1.807) is 12.1 Å². The van der Waals surface area contributed by atoms with E-state index in [-0.39, 0.29) is 23.6 Å². The van der Waals surface area contributed by atoms with Crippen LogP contribution in [0.4, 0.5) is 8.78 Å². The highest BCUT2D eigenvalue weighted by molar-refractivity contribution is 6.30. The Balaban J connectivity index is 1.48. The van der Waals surface area contributed by atoms with Gasteiger partial charge in [0.2, 0.25) is 0 Å². The van der Waals surface area contributed by atoms with E-state index in [0.717, 1.165) is 84.5 Å². The zero-order valence-electron chi connectivity index (χ0n) is 20.2.